The van der Waals surface area contributed by atoms with E-state index in [1.807, 2.05) is 0 Å². The third-order valence-electron chi connectivity index (χ3n) is 2.84. The van der Waals surface area contributed by atoms with Crippen LogP contribution in [0.1, 0.15) is 5.56 Å². The summed E-state index contributed by atoms with van der Waals surface area (Å²) in [5, 5.41) is 0. The van der Waals surface area contributed by atoms with Gasteiger partial charge in [0.2, 0.25) is 11.6 Å². The maximum atomic E-state index is 13.5. The van der Waals surface area contributed by atoms with E-state index in [1.54, 1.807) is 24.5 Å². The van der Waals surface area contributed by atoms with Crippen molar-refractivity contribution in [1.82, 2.24) is 9.97 Å². The normalized spacial score (nSPS) is 10.7. The first-order valence-corrected chi connectivity index (χ1v) is 5.80. The molecule has 20 heavy (non-hydrogen) atoms. The molecule has 0 aliphatic carbocycles. The molecule has 0 saturated carbocycles. The van der Waals surface area contributed by atoms with Crippen molar-refractivity contribution >= 4 is 5.69 Å². The highest BCUT2D eigenvalue weighted by Crippen LogP contribution is 2.25. The zero-order chi connectivity index (χ0) is 14.7. The number of halogens is 4. The summed E-state index contributed by atoms with van der Waals surface area (Å²) in [5.41, 5.74) is 0.131. The quantitative estimate of drug-likeness (QED) is 0.639. The first kappa shape index (κ1) is 14.2. The lowest BCUT2D eigenvalue weighted by Crippen LogP contribution is -2.24. The van der Waals surface area contributed by atoms with E-state index in [4.69, 9.17) is 0 Å². The van der Waals surface area contributed by atoms with Crippen molar-refractivity contribution in [1.29, 1.82) is 0 Å². The van der Waals surface area contributed by atoms with Gasteiger partial charge in [0.05, 0.1) is 0 Å². The number of rotatable bonds is 4. The molecule has 0 N–H and O–H groups in total. The highest BCUT2D eigenvalue weighted by atomic mass is 19.2. The van der Waals surface area contributed by atoms with Crippen molar-refractivity contribution in [3.8, 4) is 0 Å². The molecule has 0 saturated heterocycles. The van der Waals surface area contributed by atoms with E-state index in [0.717, 1.165) is 10.5 Å². The Kier molecular flexibility index (Phi) is 4.16. The van der Waals surface area contributed by atoms with Crippen LogP contribution in [0.15, 0.2) is 24.5 Å². The number of hydrogen-bond donors (Lipinski definition) is 0. The lowest BCUT2D eigenvalue weighted by molar-refractivity contribution is 0.407. The second-order valence-electron chi connectivity index (χ2n) is 4.20. The van der Waals surface area contributed by atoms with Crippen LogP contribution in [0.25, 0.3) is 0 Å². The van der Waals surface area contributed by atoms with Crippen LogP contribution in [-0.2, 0) is 6.42 Å². The highest BCUT2D eigenvalue weighted by Gasteiger charge is 2.23. The lowest BCUT2D eigenvalue weighted by Gasteiger charge is -2.20. The predicted molar refractivity (Wildman–Crippen MR) is 65.3 cm³/mol. The fourth-order valence-electron chi connectivity index (χ4n) is 1.77. The van der Waals surface area contributed by atoms with Crippen molar-refractivity contribution in [3.63, 3.8) is 0 Å². The summed E-state index contributed by atoms with van der Waals surface area (Å²) in [5.74, 6) is -6.31. The van der Waals surface area contributed by atoms with E-state index < -0.39 is 29.2 Å². The van der Waals surface area contributed by atoms with E-state index in [0.29, 0.717) is 6.42 Å². The van der Waals surface area contributed by atoms with E-state index in [9.17, 15) is 17.6 Å². The zero-order valence-corrected chi connectivity index (χ0v) is 10.6. The molecule has 0 atom stereocenters. The molecular formula is C13H11F4N3. The Labute approximate surface area is 112 Å². The van der Waals surface area contributed by atoms with Crippen LogP contribution < -0.4 is 4.90 Å². The average Bonchev–Trinajstić information content (AvgIpc) is 2.44. The molecule has 2 heterocycles. The highest BCUT2D eigenvalue weighted by molar-refractivity contribution is 5.47. The maximum Gasteiger partial charge on any atom is 0.253 e. The largest absolute Gasteiger partial charge is 0.369 e. The number of pyridine rings is 2. The van der Waals surface area contributed by atoms with Crippen LogP contribution >= 0.6 is 0 Å². The molecule has 0 fully saturated rings. The van der Waals surface area contributed by atoms with Crippen molar-refractivity contribution in [3.05, 3.63) is 53.6 Å². The standard InChI is InChI=1S/C13H11F4N3/c1-20(7-4-8-2-5-18-6-3-8)11-9(14)12(16)19-13(17)10(11)15/h2-3,5-6H,4,7H2,1H3. The SMILES string of the molecule is CN(CCc1ccncc1)c1c(F)c(F)nc(F)c1F. The molecule has 2 aromatic rings. The van der Waals surface area contributed by atoms with Gasteiger partial charge in [0.1, 0.15) is 5.69 Å². The second kappa shape index (κ2) is 5.85. The number of hydrogen-bond acceptors (Lipinski definition) is 3. The summed E-state index contributed by atoms with van der Waals surface area (Å²) in [7, 11) is 1.35. The van der Waals surface area contributed by atoms with E-state index >= 15 is 0 Å². The van der Waals surface area contributed by atoms with Gasteiger partial charge in [0.25, 0.3) is 11.9 Å². The van der Waals surface area contributed by atoms with E-state index in [1.165, 1.54) is 7.05 Å². The molecule has 2 rings (SSSR count). The van der Waals surface area contributed by atoms with Gasteiger partial charge in [0.15, 0.2) is 0 Å². The molecule has 0 bridgehead atoms. The van der Waals surface area contributed by atoms with Crippen molar-refractivity contribution < 1.29 is 17.6 Å². The molecule has 0 radical (unpaired) electrons. The van der Waals surface area contributed by atoms with Gasteiger partial charge in [0, 0.05) is 26.0 Å². The molecular weight excluding hydrogens is 274 g/mol. The minimum Gasteiger partial charge on any atom is -0.369 e. The van der Waals surface area contributed by atoms with Crippen molar-refractivity contribution in [2.45, 2.75) is 6.42 Å². The Bertz CT molecular complexity index is 578. The Morgan fingerprint density at radius 2 is 1.55 bits per heavy atom. The monoisotopic (exact) mass is 285 g/mol. The van der Waals surface area contributed by atoms with E-state index in [-0.39, 0.29) is 6.54 Å². The van der Waals surface area contributed by atoms with Crippen LogP contribution in [0, 0.1) is 23.5 Å². The maximum absolute atomic E-state index is 13.5. The van der Waals surface area contributed by atoms with Crippen molar-refractivity contribution in [2.24, 2.45) is 0 Å². The van der Waals surface area contributed by atoms with Crippen LogP contribution in [0.3, 0.4) is 0 Å². The van der Waals surface area contributed by atoms with Gasteiger partial charge in [-0.05, 0) is 24.1 Å². The molecule has 2 aromatic heterocycles. The summed E-state index contributed by atoms with van der Waals surface area (Å²) in [6, 6.07) is 3.49. The van der Waals surface area contributed by atoms with Crippen LogP contribution in [0.2, 0.25) is 0 Å². The third-order valence-corrected chi connectivity index (χ3v) is 2.84. The summed E-state index contributed by atoms with van der Waals surface area (Å²) in [6.07, 6.45) is 3.62. The molecule has 0 aliphatic rings. The molecule has 0 aliphatic heterocycles. The molecule has 0 spiro atoms. The number of anilines is 1. The van der Waals surface area contributed by atoms with Gasteiger partial charge in [-0.2, -0.15) is 22.5 Å². The summed E-state index contributed by atoms with van der Waals surface area (Å²) in [6.45, 7) is 0.181. The Morgan fingerprint density at radius 3 is 2.10 bits per heavy atom. The lowest BCUT2D eigenvalue weighted by atomic mass is 10.2. The smallest absolute Gasteiger partial charge is 0.253 e. The van der Waals surface area contributed by atoms with Crippen LogP contribution in [0.4, 0.5) is 23.2 Å². The Balaban J connectivity index is 2.19. The number of likely N-dealkylation sites (N-methyl/N-ethyl adjacent to an activating group) is 1. The molecule has 0 amide bonds. The zero-order valence-electron chi connectivity index (χ0n) is 10.6. The fourth-order valence-corrected chi connectivity index (χ4v) is 1.77. The Morgan fingerprint density at radius 1 is 1.00 bits per heavy atom. The topological polar surface area (TPSA) is 29.0 Å². The predicted octanol–water partition coefficient (Wildman–Crippen LogP) is 2.71. The van der Waals surface area contributed by atoms with Gasteiger partial charge in [-0.25, -0.2) is 0 Å². The fraction of sp³-hybridized carbons (Fsp3) is 0.231. The van der Waals surface area contributed by atoms with Gasteiger partial charge in [-0.15, -0.1) is 0 Å². The molecule has 3 nitrogen and oxygen atoms in total. The van der Waals surface area contributed by atoms with Gasteiger partial charge < -0.3 is 4.90 Å². The average molecular weight is 285 g/mol. The van der Waals surface area contributed by atoms with E-state index in [2.05, 4.69) is 9.97 Å². The van der Waals surface area contributed by atoms with Crippen LogP contribution in [0.5, 0.6) is 0 Å². The minimum absolute atomic E-state index is 0.181. The number of aromatic nitrogens is 2. The Hall–Kier alpha value is -2.18. The second-order valence-corrected chi connectivity index (χ2v) is 4.20. The first-order chi connectivity index (χ1) is 9.50. The van der Waals surface area contributed by atoms with Crippen LogP contribution in [-0.4, -0.2) is 23.6 Å². The van der Waals surface area contributed by atoms with Gasteiger partial charge in [-0.3, -0.25) is 4.98 Å². The molecule has 0 unspecified atom stereocenters. The summed E-state index contributed by atoms with van der Waals surface area (Å²) >= 11 is 0. The first-order valence-electron chi connectivity index (χ1n) is 5.80. The van der Waals surface area contributed by atoms with Gasteiger partial charge in [-0.1, -0.05) is 0 Å². The molecule has 106 valence electrons. The molecule has 0 aromatic carbocycles. The third kappa shape index (κ3) is 2.87. The van der Waals surface area contributed by atoms with Gasteiger partial charge >= 0.3 is 0 Å². The minimum atomic E-state index is -1.66. The molecule has 7 heteroatoms. The number of nitrogens with zero attached hydrogens (tertiary/aromatic N) is 3. The summed E-state index contributed by atoms with van der Waals surface area (Å²) in [4.78, 5) is 7.47. The summed E-state index contributed by atoms with van der Waals surface area (Å²) < 4.78 is 53.1. The van der Waals surface area contributed by atoms with Crippen molar-refractivity contribution in [2.75, 3.05) is 18.5 Å².